The zero-order chi connectivity index (χ0) is 17.5. The Morgan fingerprint density at radius 2 is 1.91 bits per heavy atom. The lowest BCUT2D eigenvalue weighted by molar-refractivity contribution is -0.128. The summed E-state index contributed by atoms with van der Waals surface area (Å²) in [7, 11) is -3.26. The van der Waals surface area contributed by atoms with Crippen molar-refractivity contribution < 1.29 is 18.0 Å². The first-order valence-corrected chi connectivity index (χ1v) is 9.75. The zero-order valence-corrected chi connectivity index (χ0v) is 15.0. The molecule has 1 heterocycles. The van der Waals surface area contributed by atoms with E-state index >= 15 is 0 Å². The van der Waals surface area contributed by atoms with Gasteiger partial charge in [0.2, 0.25) is 15.9 Å². The van der Waals surface area contributed by atoms with Crippen molar-refractivity contribution in [3.8, 4) is 0 Å². The van der Waals surface area contributed by atoms with Gasteiger partial charge in [0.05, 0.1) is 11.3 Å². The molecular formula is C12H23N5O4S2. The van der Waals surface area contributed by atoms with Crippen molar-refractivity contribution in [2.45, 2.75) is 56.6 Å². The number of rotatable bonds is 8. The van der Waals surface area contributed by atoms with E-state index < -0.39 is 20.5 Å². The molecule has 1 aliphatic heterocycles. The predicted molar refractivity (Wildman–Crippen MR) is 87.9 cm³/mol. The number of sulfonamides is 1. The molecule has 0 saturated heterocycles. The fourth-order valence-electron chi connectivity index (χ4n) is 1.62. The molecule has 0 saturated carbocycles. The lowest BCUT2D eigenvalue weighted by Crippen LogP contribution is -2.47. The average molecular weight is 365 g/mol. The number of unbranched alkanes of at least 4 members (excludes halogenated alkanes) is 1. The molecule has 1 rings (SSSR count). The van der Waals surface area contributed by atoms with Gasteiger partial charge in [-0.1, -0.05) is 0 Å². The molecule has 0 aliphatic carbocycles. The number of amides is 2. The zero-order valence-electron chi connectivity index (χ0n) is 13.4. The molecule has 0 aromatic carbocycles. The summed E-state index contributed by atoms with van der Waals surface area (Å²) in [6.45, 7) is 5.26. The van der Waals surface area contributed by atoms with Crippen molar-refractivity contribution in [1.82, 2.24) is 15.6 Å². The number of nitrogens with zero attached hydrogens (tertiary/aromatic N) is 2. The van der Waals surface area contributed by atoms with Crippen LogP contribution in [0.1, 0.15) is 40.0 Å². The third kappa shape index (κ3) is 6.83. The van der Waals surface area contributed by atoms with E-state index in [0.717, 1.165) is 11.9 Å². The molecule has 2 amide bonds. The Morgan fingerprint density at radius 1 is 1.22 bits per heavy atom. The van der Waals surface area contributed by atoms with E-state index in [1.54, 1.807) is 20.8 Å². The van der Waals surface area contributed by atoms with Gasteiger partial charge in [0.15, 0.2) is 0 Å². The molecule has 23 heavy (non-hydrogen) atoms. The Kier molecular flexibility index (Phi) is 7.92. The van der Waals surface area contributed by atoms with Crippen molar-refractivity contribution in [3.63, 3.8) is 0 Å². The van der Waals surface area contributed by atoms with E-state index in [1.807, 2.05) is 0 Å². The maximum absolute atomic E-state index is 11.8. The smallest absolute Gasteiger partial charge is 0.255 e. The largest absolute Gasteiger partial charge is 0.273 e. The first kappa shape index (κ1) is 19.8. The van der Waals surface area contributed by atoms with Crippen LogP contribution < -0.4 is 15.6 Å². The quantitative estimate of drug-likeness (QED) is 0.328. The molecule has 11 heteroatoms. The van der Waals surface area contributed by atoms with Crippen LogP contribution >= 0.6 is 11.9 Å². The normalized spacial score (nSPS) is 20.7. The van der Waals surface area contributed by atoms with Gasteiger partial charge >= 0.3 is 0 Å². The van der Waals surface area contributed by atoms with Crippen molar-refractivity contribution in [2.24, 2.45) is 9.63 Å². The van der Waals surface area contributed by atoms with Gasteiger partial charge < -0.3 is 0 Å². The first-order chi connectivity index (χ1) is 10.7. The summed E-state index contributed by atoms with van der Waals surface area (Å²) in [6, 6.07) is -0.217. The Balaban J connectivity index is 2.12. The van der Waals surface area contributed by atoms with Crippen LogP contribution in [0.5, 0.6) is 0 Å². The number of hydrogen-bond donors (Lipinski definition) is 3. The van der Waals surface area contributed by atoms with Gasteiger partial charge in [-0.15, -0.1) is 4.52 Å². The molecule has 0 aromatic heterocycles. The maximum atomic E-state index is 11.8. The molecule has 132 valence electrons. The fraction of sp³-hybridized carbons (Fsp3) is 0.833. The molecule has 0 fully saturated rings. The number of carbonyl (C=O) groups excluding carboxylic acids is 2. The predicted octanol–water partition coefficient (Wildman–Crippen LogP) is 0.503. The molecule has 9 nitrogen and oxygen atoms in total. The molecule has 0 bridgehead atoms. The SMILES string of the molecule is CC1N=NSC1C(=O)NNC(=O)CCCCNS(=O)(=O)C(C)C. The van der Waals surface area contributed by atoms with Crippen molar-refractivity contribution in [3.05, 3.63) is 0 Å². The summed E-state index contributed by atoms with van der Waals surface area (Å²) in [5, 5.41) is 2.92. The number of carbonyl (C=O) groups is 2. The summed E-state index contributed by atoms with van der Waals surface area (Å²) in [5.74, 6) is -0.667. The highest BCUT2D eigenvalue weighted by molar-refractivity contribution is 7.99. The van der Waals surface area contributed by atoms with Gasteiger partial charge in [0.1, 0.15) is 5.25 Å². The van der Waals surface area contributed by atoms with Crippen molar-refractivity contribution >= 4 is 33.8 Å². The van der Waals surface area contributed by atoms with Crippen molar-refractivity contribution in [2.75, 3.05) is 6.54 Å². The molecule has 3 N–H and O–H groups in total. The highest BCUT2D eigenvalue weighted by Crippen LogP contribution is 2.26. The molecule has 0 aromatic rings. The second kappa shape index (κ2) is 9.18. The highest BCUT2D eigenvalue weighted by atomic mass is 32.2. The number of hydrazine groups is 1. The lowest BCUT2D eigenvalue weighted by atomic mass is 10.2. The second-order valence-corrected chi connectivity index (χ2v) is 8.65. The molecular weight excluding hydrogens is 342 g/mol. The Hall–Kier alpha value is -1.20. The third-order valence-corrected chi connectivity index (χ3v) is 6.04. The number of nitrogens with one attached hydrogen (secondary N) is 3. The van der Waals surface area contributed by atoms with Crippen LogP contribution in [-0.2, 0) is 19.6 Å². The molecule has 1 aliphatic rings. The van der Waals surface area contributed by atoms with Crippen LogP contribution in [0, 0.1) is 0 Å². The van der Waals surface area contributed by atoms with Crippen LogP contribution in [0.25, 0.3) is 0 Å². The molecule has 2 unspecified atom stereocenters. The monoisotopic (exact) mass is 365 g/mol. The molecule has 2 atom stereocenters. The Bertz CT molecular complexity index is 550. The summed E-state index contributed by atoms with van der Waals surface area (Å²) >= 11 is 1.07. The van der Waals surface area contributed by atoms with Crippen LogP contribution in [-0.4, -0.2) is 43.3 Å². The van der Waals surface area contributed by atoms with Crippen molar-refractivity contribution in [1.29, 1.82) is 0 Å². The topological polar surface area (TPSA) is 129 Å². The van der Waals surface area contributed by atoms with E-state index in [4.69, 9.17) is 0 Å². The summed E-state index contributed by atoms with van der Waals surface area (Å²) < 4.78 is 29.2. The van der Waals surface area contributed by atoms with Gasteiger partial charge in [0, 0.05) is 24.9 Å². The standard InChI is InChI=1S/C12H23N5O4S2/c1-8(2)23(20,21)13-7-5-4-6-10(18)15-16-12(19)11-9(3)14-17-22-11/h8-9,11,13H,4-7H2,1-3H3,(H,15,18)(H,16,19). The van der Waals surface area contributed by atoms with Crippen LogP contribution in [0.4, 0.5) is 0 Å². The van der Waals surface area contributed by atoms with Gasteiger partial charge in [-0.3, -0.25) is 20.4 Å². The molecule has 0 spiro atoms. The minimum atomic E-state index is -3.26. The van der Waals surface area contributed by atoms with Crippen LogP contribution in [0.15, 0.2) is 9.63 Å². The van der Waals surface area contributed by atoms with Crippen LogP contribution in [0.3, 0.4) is 0 Å². The van der Waals surface area contributed by atoms with Gasteiger partial charge in [0.25, 0.3) is 5.91 Å². The van der Waals surface area contributed by atoms with Gasteiger partial charge in [-0.2, -0.15) is 5.11 Å². The Morgan fingerprint density at radius 3 is 2.48 bits per heavy atom. The summed E-state index contributed by atoms with van der Waals surface area (Å²) in [5.41, 5.74) is 4.68. The fourth-order valence-corrected chi connectivity index (χ4v) is 3.08. The van der Waals surface area contributed by atoms with E-state index in [2.05, 4.69) is 25.2 Å². The third-order valence-electron chi connectivity index (χ3n) is 3.17. The Labute approximate surface area is 140 Å². The van der Waals surface area contributed by atoms with E-state index in [0.29, 0.717) is 19.4 Å². The van der Waals surface area contributed by atoms with Gasteiger partial charge in [-0.05, 0) is 33.6 Å². The lowest BCUT2D eigenvalue weighted by Gasteiger charge is -2.12. The maximum Gasteiger partial charge on any atom is 0.255 e. The number of hydrogen-bond acceptors (Lipinski definition) is 7. The second-order valence-electron chi connectivity index (χ2n) is 5.45. The van der Waals surface area contributed by atoms with E-state index in [-0.39, 0.29) is 24.3 Å². The summed E-state index contributed by atoms with van der Waals surface area (Å²) in [6.07, 6.45) is 1.26. The highest BCUT2D eigenvalue weighted by Gasteiger charge is 2.30. The minimum Gasteiger partial charge on any atom is -0.273 e. The van der Waals surface area contributed by atoms with Crippen LogP contribution in [0.2, 0.25) is 0 Å². The van der Waals surface area contributed by atoms with E-state index in [9.17, 15) is 18.0 Å². The van der Waals surface area contributed by atoms with Gasteiger partial charge in [-0.25, -0.2) is 13.1 Å². The first-order valence-electron chi connectivity index (χ1n) is 7.37. The minimum absolute atomic E-state index is 0.200. The average Bonchev–Trinajstić information content (AvgIpc) is 2.90. The molecule has 0 radical (unpaired) electrons. The van der Waals surface area contributed by atoms with E-state index in [1.165, 1.54) is 0 Å². The summed E-state index contributed by atoms with van der Waals surface area (Å²) in [4.78, 5) is 23.4.